The van der Waals surface area contributed by atoms with E-state index in [2.05, 4.69) is 15.9 Å². The molecule has 15 heavy (non-hydrogen) atoms. The van der Waals surface area contributed by atoms with E-state index in [1.54, 1.807) is 12.1 Å². The summed E-state index contributed by atoms with van der Waals surface area (Å²) in [6.45, 7) is 3.83. The Morgan fingerprint density at radius 3 is 2.73 bits per heavy atom. The van der Waals surface area contributed by atoms with Gasteiger partial charge in [-0.2, -0.15) is 0 Å². The van der Waals surface area contributed by atoms with E-state index >= 15 is 0 Å². The number of hydrogen-bond donors (Lipinski definition) is 1. The van der Waals surface area contributed by atoms with Gasteiger partial charge in [-0.1, -0.05) is 15.9 Å². The summed E-state index contributed by atoms with van der Waals surface area (Å²) in [5, 5.41) is 9.69. The molecular formula is C11H14BrFO2. The van der Waals surface area contributed by atoms with Gasteiger partial charge in [-0.3, -0.25) is 0 Å². The average molecular weight is 277 g/mol. The number of rotatable bonds is 4. The predicted octanol–water partition coefficient (Wildman–Crippen LogP) is 3.05. The van der Waals surface area contributed by atoms with Crippen molar-refractivity contribution in [1.29, 1.82) is 0 Å². The molecule has 1 rings (SSSR count). The Morgan fingerprint density at radius 2 is 2.13 bits per heavy atom. The summed E-state index contributed by atoms with van der Waals surface area (Å²) >= 11 is 3.23. The van der Waals surface area contributed by atoms with Gasteiger partial charge >= 0.3 is 0 Å². The highest BCUT2D eigenvalue weighted by Gasteiger charge is 2.13. The summed E-state index contributed by atoms with van der Waals surface area (Å²) in [6, 6.07) is 4.47. The van der Waals surface area contributed by atoms with E-state index in [9.17, 15) is 9.50 Å². The SMILES string of the molecule is CC(C)OCC(O)c1cc(Br)ccc1F. The normalized spacial score (nSPS) is 13.2. The molecule has 1 aromatic carbocycles. The topological polar surface area (TPSA) is 29.5 Å². The van der Waals surface area contributed by atoms with Gasteiger partial charge in [0.15, 0.2) is 0 Å². The predicted molar refractivity (Wildman–Crippen MR) is 60.1 cm³/mol. The van der Waals surface area contributed by atoms with Crippen molar-refractivity contribution < 1.29 is 14.2 Å². The Bertz CT molecular complexity index is 328. The van der Waals surface area contributed by atoms with E-state index in [4.69, 9.17) is 4.74 Å². The molecule has 0 fully saturated rings. The van der Waals surface area contributed by atoms with Crippen molar-refractivity contribution in [1.82, 2.24) is 0 Å². The first-order chi connectivity index (χ1) is 7.00. The van der Waals surface area contributed by atoms with Gasteiger partial charge < -0.3 is 9.84 Å². The van der Waals surface area contributed by atoms with Crippen molar-refractivity contribution in [3.05, 3.63) is 34.1 Å². The van der Waals surface area contributed by atoms with Crippen LogP contribution in [0.15, 0.2) is 22.7 Å². The molecule has 0 bridgehead atoms. The van der Waals surface area contributed by atoms with E-state index in [0.717, 1.165) is 4.47 Å². The van der Waals surface area contributed by atoms with Crippen LogP contribution >= 0.6 is 15.9 Å². The van der Waals surface area contributed by atoms with E-state index in [0.29, 0.717) is 0 Å². The number of ether oxygens (including phenoxy) is 1. The first-order valence-corrected chi connectivity index (χ1v) is 5.54. The molecule has 0 aliphatic carbocycles. The lowest BCUT2D eigenvalue weighted by Crippen LogP contribution is -2.13. The molecule has 2 nitrogen and oxygen atoms in total. The third-order valence-electron chi connectivity index (χ3n) is 1.90. The minimum atomic E-state index is -0.926. The molecule has 1 unspecified atom stereocenters. The fourth-order valence-corrected chi connectivity index (χ4v) is 1.52. The van der Waals surface area contributed by atoms with E-state index in [1.807, 2.05) is 13.8 Å². The van der Waals surface area contributed by atoms with Gasteiger partial charge in [-0.15, -0.1) is 0 Å². The maximum absolute atomic E-state index is 13.3. The summed E-state index contributed by atoms with van der Waals surface area (Å²) < 4.78 is 19.3. The molecule has 1 aromatic rings. The van der Waals surface area contributed by atoms with Crippen molar-refractivity contribution in [3.63, 3.8) is 0 Å². The van der Waals surface area contributed by atoms with Crippen LogP contribution in [-0.4, -0.2) is 17.8 Å². The Labute approximate surface area is 97.2 Å². The van der Waals surface area contributed by atoms with Crippen LogP contribution in [-0.2, 0) is 4.74 Å². The highest BCUT2D eigenvalue weighted by Crippen LogP contribution is 2.22. The zero-order chi connectivity index (χ0) is 11.4. The summed E-state index contributed by atoms with van der Waals surface area (Å²) in [5.41, 5.74) is 0.255. The Morgan fingerprint density at radius 1 is 1.47 bits per heavy atom. The maximum atomic E-state index is 13.3. The van der Waals surface area contributed by atoms with E-state index < -0.39 is 11.9 Å². The Kier molecular flexibility index (Phi) is 4.70. The molecule has 1 N–H and O–H groups in total. The summed E-state index contributed by atoms with van der Waals surface area (Å²) in [4.78, 5) is 0. The third kappa shape index (κ3) is 3.89. The number of benzene rings is 1. The number of hydrogen-bond acceptors (Lipinski definition) is 2. The van der Waals surface area contributed by atoms with Gasteiger partial charge in [0, 0.05) is 10.0 Å². The second-order valence-electron chi connectivity index (χ2n) is 3.56. The number of halogens is 2. The third-order valence-corrected chi connectivity index (χ3v) is 2.40. The smallest absolute Gasteiger partial charge is 0.129 e. The van der Waals surface area contributed by atoms with Gasteiger partial charge in [0.25, 0.3) is 0 Å². The minimum absolute atomic E-state index is 0.0230. The fraction of sp³-hybridized carbons (Fsp3) is 0.455. The number of aliphatic hydroxyl groups excluding tert-OH is 1. The Hall–Kier alpha value is -0.450. The monoisotopic (exact) mass is 276 g/mol. The molecule has 0 saturated heterocycles. The largest absolute Gasteiger partial charge is 0.386 e. The van der Waals surface area contributed by atoms with Gasteiger partial charge in [-0.25, -0.2) is 4.39 Å². The molecule has 0 spiro atoms. The van der Waals surface area contributed by atoms with E-state index in [1.165, 1.54) is 6.07 Å². The molecule has 84 valence electrons. The lowest BCUT2D eigenvalue weighted by molar-refractivity contribution is 0.00358. The zero-order valence-electron chi connectivity index (χ0n) is 8.71. The van der Waals surface area contributed by atoms with Crippen LogP contribution in [0, 0.1) is 5.82 Å². The lowest BCUT2D eigenvalue weighted by atomic mass is 10.1. The van der Waals surface area contributed by atoms with Gasteiger partial charge in [0.05, 0.1) is 12.7 Å². The van der Waals surface area contributed by atoms with E-state index in [-0.39, 0.29) is 18.3 Å². The molecule has 0 aromatic heterocycles. The molecular weight excluding hydrogens is 263 g/mol. The molecule has 0 aliphatic rings. The van der Waals surface area contributed by atoms with Crippen LogP contribution in [0.5, 0.6) is 0 Å². The molecule has 1 atom stereocenters. The van der Waals surface area contributed by atoms with Gasteiger partial charge in [0.2, 0.25) is 0 Å². The van der Waals surface area contributed by atoms with Crippen LogP contribution in [0.25, 0.3) is 0 Å². The second kappa shape index (κ2) is 5.58. The van der Waals surface area contributed by atoms with Crippen molar-refractivity contribution >= 4 is 15.9 Å². The molecule has 0 radical (unpaired) electrons. The first kappa shape index (κ1) is 12.6. The fourth-order valence-electron chi connectivity index (χ4n) is 1.14. The summed E-state index contributed by atoms with van der Waals surface area (Å²) in [5.74, 6) is -0.418. The highest BCUT2D eigenvalue weighted by atomic mass is 79.9. The summed E-state index contributed by atoms with van der Waals surface area (Å²) in [6.07, 6.45) is -0.903. The van der Waals surface area contributed by atoms with Crippen LogP contribution in [0.1, 0.15) is 25.5 Å². The quantitative estimate of drug-likeness (QED) is 0.916. The van der Waals surface area contributed by atoms with Crippen molar-refractivity contribution in [2.75, 3.05) is 6.61 Å². The van der Waals surface area contributed by atoms with Crippen LogP contribution in [0.3, 0.4) is 0 Å². The highest BCUT2D eigenvalue weighted by molar-refractivity contribution is 9.10. The van der Waals surface area contributed by atoms with Gasteiger partial charge in [0.1, 0.15) is 11.9 Å². The summed E-state index contributed by atoms with van der Waals surface area (Å²) in [7, 11) is 0. The van der Waals surface area contributed by atoms with Crippen molar-refractivity contribution in [2.45, 2.75) is 26.1 Å². The molecule has 0 saturated carbocycles. The Balaban J connectivity index is 2.72. The molecule has 0 heterocycles. The second-order valence-corrected chi connectivity index (χ2v) is 4.48. The van der Waals surface area contributed by atoms with Crippen LogP contribution in [0.4, 0.5) is 4.39 Å². The zero-order valence-corrected chi connectivity index (χ0v) is 10.3. The van der Waals surface area contributed by atoms with Crippen molar-refractivity contribution in [3.8, 4) is 0 Å². The minimum Gasteiger partial charge on any atom is -0.386 e. The van der Waals surface area contributed by atoms with Crippen LogP contribution < -0.4 is 0 Å². The number of aliphatic hydroxyl groups is 1. The molecule has 4 heteroatoms. The molecule has 0 amide bonds. The van der Waals surface area contributed by atoms with Crippen LogP contribution in [0.2, 0.25) is 0 Å². The molecule has 0 aliphatic heterocycles. The lowest BCUT2D eigenvalue weighted by Gasteiger charge is -2.14. The standard InChI is InChI=1S/C11H14BrFO2/c1-7(2)15-6-11(14)9-5-8(12)3-4-10(9)13/h3-5,7,11,14H,6H2,1-2H3. The van der Waals surface area contributed by atoms with Crippen molar-refractivity contribution in [2.24, 2.45) is 0 Å². The maximum Gasteiger partial charge on any atom is 0.129 e. The van der Waals surface area contributed by atoms with Gasteiger partial charge in [-0.05, 0) is 32.0 Å². The first-order valence-electron chi connectivity index (χ1n) is 4.75. The average Bonchev–Trinajstić information content (AvgIpc) is 2.18.